The van der Waals surface area contributed by atoms with Gasteiger partial charge in [0.1, 0.15) is 0 Å². The summed E-state index contributed by atoms with van der Waals surface area (Å²) in [5, 5.41) is 0. The molecule has 1 aromatic heterocycles. The van der Waals surface area contributed by atoms with Crippen molar-refractivity contribution < 1.29 is 0 Å². The van der Waals surface area contributed by atoms with E-state index in [1.165, 1.54) is 30.5 Å². The first-order valence-corrected chi connectivity index (χ1v) is 5.20. The fourth-order valence-corrected chi connectivity index (χ4v) is 1.63. The fourth-order valence-electron chi connectivity index (χ4n) is 1.63. The Bertz CT molecular complexity index is 238. The van der Waals surface area contributed by atoms with Crippen molar-refractivity contribution in [2.45, 2.75) is 46.0 Å². The zero-order valence-corrected chi connectivity index (χ0v) is 8.88. The van der Waals surface area contributed by atoms with Crippen LogP contribution in [0.2, 0.25) is 0 Å². The van der Waals surface area contributed by atoms with E-state index in [0.717, 1.165) is 0 Å². The third kappa shape index (κ3) is 2.83. The lowest BCUT2D eigenvalue weighted by molar-refractivity contribution is 0.581. The molecule has 1 aromatic rings. The van der Waals surface area contributed by atoms with Gasteiger partial charge in [0.15, 0.2) is 0 Å². The highest BCUT2D eigenvalue weighted by molar-refractivity contribution is 5.15. The summed E-state index contributed by atoms with van der Waals surface area (Å²) < 4.78 is 0. The molecule has 0 aliphatic rings. The van der Waals surface area contributed by atoms with Gasteiger partial charge in [-0.2, -0.15) is 0 Å². The molecule has 0 aromatic carbocycles. The van der Waals surface area contributed by atoms with Crippen molar-refractivity contribution in [2.24, 2.45) is 0 Å². The van der Waals surface area contributed by atoms with E-state index in [4.69, 9.17) is 0 Å². The van der Waals surface area contributed by atoms with Crippen LogP contribution in [0, 0.1) is 6.92 Å². The number of hydrogen-bond donors (Lipinski definition) is 0. The fraction of sp³-hybridized carbons (Fsp3) is 0.583. The van der Waals surface area contributed by atoms with Gasteiger partial charge in [-0.1, -0.05) is 26.3 Å². The van der Waals surface area contributed by atoms with E-state index in [2.05, 4.69) is 37.9 Å². The second-order valence-corrected chi connectivity index (χ2v) is 3.65. The second-order valence-electron chi connectivity index (χ2n) is 3.65. The van der Waals surface area contributed by atoms with E-state index in [1.807, 2.05) is 6.20 Å². The molecule has 72 valence electrons. The number of aryl methyl sites for hydroxylation is 1. The molecule has 0 bridgehead atoms. The van der Waals surface area contributed by atoms with Crippen LogP contribution in [0.5, 0.6) is 0 Å². The van der Waals surface area contributed by atoms with Gasteiger partial charge in [-0.05, 0) is 31.4 Å². The molecular formula is C12H19N. The van der Waals surface area contributed by atoms with E-state index < -0.39 is 0 Å². The number of rotatable bonds is 4. The minimum Gasteiger partial charge on any atom is -0.261 e. The third-order valence-corrected chi connectivity index (χ3v) is 2.48. The van der Waals surface area contributed by atoms with Crippen molar-refractivity contribution in [3.63, 3.8) is 0 Å². The molecule has 0 amide bonds. The summed E-state index contributed by atoms with van der Waals surface area (Å²) in [7, 11) is 0. The standard InChI is InChI=1S/C12H19N/c1-4-6-11(5-2)12-8-7-10(3)9-13-12/h7-9,11H,4-6H2,1-3H3. The third-order valence-electron chi connectivity index (χ3n) is 2.48. The smallest absolute Gasteiger partial charge is 0.0434 e. The van der Waals surface area contributed by atoms with Crippen LogP contribution >= 0.6 is 0 Å². The van der Waals surface area contributed by atoms with Crippen molar-refractivity contribution in [3.8, 4) is 0 Å². The Labute approximate surface area is 81.2 Å². The maximum Gasteiger partial charge on any atom is 0.0434 e. The second kappa shape index (κ2) is 5.00. The summed E-state index contributed by atoms with van der Waals surface area (Å²) in [4.78, 5) is 4.47. The molecule has 1 nitrogen and oxygen atoms in total. The molecule has 0 aliphatic carbocycles. The lowest BCUT2D eigenvalue weighted by Gasteiger charge is -2.12. The van der Waals surface area contributed by atoms with E-state index in [9.17, 15) is 0 Å². The predicted molar refractivity (Wildman–Crippen MR) is 56.9 cm³/mol. The van der Waals surface area contributed by atoms with E-state index in [-0.39, 0.29) is 0 Å². The highest BCUT2D eigenvalue weighted by atomic mass is 14.7. The Hall–Kier alpha value is -0.850. The van der Waals surface area contributed by atoms with Crippen molar-refractivity contribution in [1.82, 2.24) is 4.98 Å². The van der Waals surface area contributed by atoms with Crippen LogP contribution < -0.4 is 0 Å². The normalized spacial score (nSPS) is 12.8. The first kappa shape index (κ1) is 10.2. The van der Waals surface area contributed by atoms with Gasteiger partial charge in [0.2, 0.25) is 0 Å². The monoisotopic (exact) mass is 177 g/mol. The summed E-state index contributed by atoms with van der Waals surface area (Å²) in [6, 6.07) is 4.32. The molecule has 1 heterocycles. The van der Waals surface area contributed by atoms with Gasteiger partial charge >= 0.3 is 0 Å². The Morgan fingerprint density at radius 2 is 2.08 bits per heavy atom. The Balaban J connectivity index is 2.73. The van der Waals surface area contributed by atoms with Crippen molar-refractivity contribution in [1.29, 1.82) is 0 Å². The molecule has 0 aliphatic heterocycles. The number of pyridine rings is 1. The topological polar surface area (TPSA) is 12.9 Å². The highest BCUT2D eigenvalue weighted by Crippen LogP contribution is 2.22. The summed E-state index contributed by atoms with van der Waals surface area (Å²) in [5.41, 5.74) is 2.50. The number of aromatic nitrogens is 1. The molecule has 0 saturated heterocycles. The maximum atomic E-state index is 4.47. The molecule has 0 fully saturated rings. The average Bonchev–Trinajstić information content (AvgIpc) is 2.16. The Morgan fingerprint density at radius 3 is 2.54 bits per heavy atom. The minimum atomic E-state index is 0.658. The summed E-state index contributed by atoms with van der Waals surface area (Å²) in [6.45, 7) is 6.55. The molecular weight excluding hydrogens is 158 g/mol. The number of hydrogen-bond acceptors (Lipinski definition) is 1. The lowest BCUT2D eigenvalue weighted by atomic mass is 9.96. The summed E-state index contributed by atoms with van der Waals surface area (Å²) in [5.74, 6) is 0.658. The first-order valence-electron chi connectivity index (χ1n) is 5.20. The van der Waals surface area contributed by atoms with Gasteiger partial charge in [0.25, 0.3) is 0 Å². The maximum absolute atomic E-state index is 4.47. The minimum absolute atomic E-state index is 0.658. The first-order chi connectivity index (χ1) is 6.27. The zero-order chi connectivity index (χ0) is 9.68. The van der Waals surface area contributed by atoms with Crippen LogP contribution in [-0.2, 0) is 0 Å². The van der Waals surface area contributed by atoms with Crippen molar-refractivity contribution in [2.75, 3.05) is 0 Å². The number of nitrogens with zero attached hydrogens (tertiary/aromatic N) is 1. The van der Waals surface area contributed by atoms with Gasteiger partial charge < -0.3 is 0 Å². The molecule has 0 spiro atoms. The van der Waals surface area contributed by atoms with Gasteiger partial charge in [0.05, 0.1) is 0 Å². The van der Waals surface area contributed by atoms with Crippen LogP contribution in [0.3, 0.4) is 0 Å². The average molecular weight is 177 g/mol. The molecule has 1 atom stereocenters. The highest BCUT2D eigenvalue weighted by Gasteiger charge is 2.08. The molecule has 0 N–H and O–H groups in total. The summed E-state index contributed by atoms with van der Waals surface area (Å²) >= 11 is 0. The molecule has 1 unspecified atom stereocenters. The van der Waals surface area contributed by atoms with Crippen LogP contribution in [0.1, 0.15) is 50.3 Å². The van der Waals surface area contributed by atoms with Gasteiger partial charge in [-0.25, -0.2) is 0 Å². The SMILES string of the molecule is CCCC(CC)c1ccc(C)cn1. The van der Waals surface area contributed by atoms with Crippen molar-refractivity contribution in [3.05, 3.63) is 29.6 Å². The van der Waals surface area contributed by atoms with Gasteiger partial charge in [-0.15, -0.1) is 0 Å². The van der Waals surface area contributed by atoms with Crippen LogP contribution in [-0.4, -0.2) is 4.98 Å². The van der Waals surface area contributed by atoms with Crippen LogP contribution in [0.25, 0.3) is 0 Å². The molecule has 0 radical (unpaired) electrons. The van der Waals surface area contributed by atoms with E-state index in [1.54, 1.807) is 0 Å². The molecule has 1 heteroatoms. The summed E-state index contributed by atoms with van der Waals surface area (Å²) in [6.07, 6.45) is 5.66. The lowest BCUT2D eigenvalue weighted by Crippen LogP contribution is -1.99. The van der Waals surface area contributed by atoms with Gasteiger partial charge in [-0.3, -0.25) is 4.98 Å². The van der Waals surface area contributed by atoms with Crippen molar-refractivity contribution >= 4 is 0 Å². The molecule has 13 heavy (non-hydrogen) atoms. The van der Waals surface area contributed by atoms with E-state index >= 15 is 0 Å². The largest absolute Gasteiger partial charge is 0.261 e. The quantitative estimate of drug-likeness (QED) is 0.683. The van der Waals surface area contributed by atoms with Crippen LogP contribution in [0.15, 0.2) is 18.3 Å². The zero-order valence-electron chi connectivity index (χ0n) is 8.88. The molecule has 0 saturated carbocycles. The Morgan fingerprint density at radius 1 is 1.31 bits per heavy atom. The van der Waals surface area contributed by atoms with E-state index in [0.29, 0.717) is 5.92 Å². The predicted octanol–water partition coefficient (Wildman–Crippen LogP) is 3.68. The van der Waals surface area contributed by atoms with Gasteiger partial charge in [0, 0.05) is 17.8 Å². The molecule has 1 rings (SSSR count). The van der Waals surface area contributed by atoms with Crippen LogP contribution in [0.4, 0.5) is 0 Å². The Kier molecular flexibility index (Phi) is 3.94.